The van der Waals surface area contributed by atoms with Crippen LogP contribution >= 0.6 is 0 Å². The first-order valence-electron chi connectivity index (χ1n) is 6.33. The van der Waals surface area contributed by atoms with Gasteiger partial charge in [-0.1, -0.05) is 0 Å². The van der Waals surface area contributed by atoms with Gasteiger partial charge >= 0.3 is 0 Å². The zero-order valence-corrected chi connectivity index (χ0v) is 11.6. The molecule has 1 aromatic heterocycles. The van der Waals surface area contributed by atoms with Crippen LogP contribution in [0.3, 0.4) is 0 Å². The number of benzene rings is 1. The number of carbonyl (C=O) groups is 1. The number of nitrogens with zero attached hydrogens (tertiary/aromatic N) is 2. The van der Waals surface area contributed by atoms with Gasteiger partial charge in [0.15, 0.2) is 17.5 Å². The van der Waals surface area contributed by atoms with Crippen LogP contribution in [-0.2, 0) is 6.54 Å². The van der Waals surface area contributed by atoms with Crippen LogP contribution in [0.15, 0.2) is 18.2 Å². The molecule has 0 spiro atoms. The average molecular weight is 297 g/mol. The van der Waals surface area contributed by atoms with E-state index in [0.717, 1.165) is 17.5 Å². The van der Waals surface area contributed by atoms with Gasteiger partial charge in [0.1, 0.15) is 0 Å². The molecule has 0 saturated heterocycles. The number of nitrogens with one attached hydrogen (secondary N) is 1. The molecule has 1 N–H and O–H groups in total. The monoisotopic (exact) mass is 297 g/mol. The molecule has 0 bridgehead atoms. The summed E-state index contributed by atoms with van der Waals surface area (Å²) in [5.74, 6) is -5.26. The maximum Gasteiger partial charge on any atom is 0.254 e. The number of rotatable bonds is 4. The summed E-state index contributed by atoms with van der Waals surface area (Å²) in [5, 5.41) is 6.65. The Morgan fingerprint density at radius 1 is 1.24 bits per heavy atom. The van der Waals surface area contributed by atoms with Crippen molar-refractivity contribution in [1.29, 1.82) is 0 Å². The van der Waals surface area contributed by atoms with Gasteiger partial charge in [0, 0.05) is 12.2 Å². The van der Waals surface area contributed by atoms with Crippen LogP contribution < -0.4 is 5.32 Å². The zero-order valence-electron chi connectivity index (χ0n) is 11.6. The molecule has 7 heteroatoms. The van der Waals surface area contributed by atoms with Gasteiger partial charge < -0.3 is 5.32 Å². The fourth-order valence-electron chi connectivity index (χ4n) is 1.97. The number of aryl methyl sites for hydroxylation is 2. The maximum absolute atomic E-state index is 13.4. The van der Waals surface area contributed by atoms with Gasteiger partial charge in [-0.2, -0.15) is 5.10 Å². The van der Waals surface area contributed by atoms with E-state index in [4.69, 9.17) is 0 Å². The molecular formula is C14H14F3N3O. The van der Waals surface area contributed by atoms with E-state index in [1.54, 1.807) is 4.68 Å². The average Bonchev–Trinajstić information content (AvgIpc) is 2.74. The summed E-state index contributed by atoms with van der Waals surface area (Å²) in [4.78, 5) is 11.7. The zero-order chi connectivity index (χ0) is 15.6. The second kappa shape index (κ2) is 5.99. The summed E-state index contributed by atoms with van der Waals surface area (Å²) >= 11 is 0. The Morgan fingerprint density at radius 2 is 1.95 bits per heavy atom. The van der Waals surface area contributed by atoms with Gasteiger partial charge in [0.05, 0.1) is 17.8 Å². The standard InChI is InChI=1S/C14H14F3N3O/c1-8-7-9(2)20(19-8)6-5-18-14(21)10-3-4-11(15)13(17)12(10)16/h3-4,7H,5-6H2,1-2H3,(H,18,21). The molecule has 4 nitrogen and oxygen atoms in total. The van der Waals surface area contributed by atoms with Gasteiger partial charge in [-0.05, 0) is 32.0 Å². The minimum atomic E-state index is -1.65. The minimum Gasteiger partial charge on any atom is -0.350 e. The lowest BCUT2D eigenvalue weighted by atomic mass is 10.2. The number of halogens is 3. The van der Waals surface area contributed by atoms with E-state index in [0.29, 0.717) is 12.6 Å². The molecule has 2 aromatic rings. The van der Waals surface area contributed by atoms with Crippen LogP contribution in [-0.4, -0.2) is 22.2 Å². The van der Waals surface area contributed by atoms with E-state index in [1.165, 1.54) is 0 Å². The van der Waals surface area contributed by atoms with Gasteiger partial charge in [-0.3, -0.25) is 9.48 Å². The highest BCUT2D eigenvalue weighted by Crippen LogP contribution is 2.14. The summed E-state index contributed by atoms with van der Waals surface area (Å²) in [5.41, 5.74) is 1.26. The third-order valence-electron chi connectivity index (χ3n) is 2.99. The van der Waals surface area contributed by atoms with Crippen molar-refractivity contribution in [1.82, 2.24) is 15.1 Å². The van der Waals surface area contributed by atoms with E-state index in [1.807, 2.05) is 19.9 Å². The largest absolute Gasteiger partial charge is 0.350 e. The van der Waals surface area contributed by atoms with Crippen LogP contribution in [0, 0.1) is 31.3 Å². The Bertz CT molecular complexity index is 682. The molecule has 2 rings (SSSR count). The molecule has 0 aliphatic rings. The molecule has 1 aromatic carbocycles. The van der Waals surface area contributed by atoms with E-state index >= 15 is 0 Å². The van der Waals surface area contributed by atoms with Crippen molar-refractivity contribution >= 4 is 5.91 Å². The molecule has 0 unspecified atom stereocenters. The van der Waals surface area contributed by atoms with Gasteiger partial charge in [0.2, 0.25) is 0 Å². The Morgan fingerprint density at radius 3 is 2.57 bits per heavy atom. The first-order chi connectivity index (χ1) is 9.90. The van der Waals surface area contributed by atoms with Crippen LogP contribution in [0.4, 0.5) is 13.2 Å². The molecule has 0 radical (unpaired) electrons. The van der Waals surface area contributed by atoms with Gasteiger partial charge in [0.25, 0.3) is 5.91 Å². The van der Waals surface area contributed by atoms with Crippen molar-refractivity contribution in [2.24, 2.45) is 0 Å². The Kier molecular flexibility index (Phi) is 4.30. The summed E-state index contributed by atoms with van der Waals surface area (Å²) in [6, 6.07) is 3.51. The summed E-state index contributed by atoms with van der Waals surface area (Å²) in [6.07, 6.45) is 0. The lowest BCUT2D eigenvalue weighted by Crippen LogP contribution is -2.28. The number of amides is 1. The Labute approximate surface area is 119 Å². The van der Waals surface area contributed by atoms with E-state index < -0.39 is 28.9 Å². The van der Waals surface area contributed by atoms with E-state index in [-0.39, 0.29) is 6.54 Å². The van der Waals surface area contributed by atoms with Crippen molar-refractivity contribution in [3.8, 4) is 0 Å². The van der Waals surface area contributed by atoms with Crippen molar-refractivity contribution in [3.63, 3.8) is 0 Å². The van der Waals surface area contributed by atoms with Gasteiger partial charge in [-0.15, -0.1) is 0 Å². The molecule has 1 heterocycles. The minimum absolute atomic E-state index is 0.194. The number of aromatic nitrogens is 2. The SMILES string of the molecule is Cc1cc(C)n(CCNC(=O)c2ccc(F)c(F)c2F)n1. The third-order valence-corrected chi connectivity index (χ3v) is 2.99. The van der Waals surface area contributed by atoms with Crippen molar-refractivity contribution in [3.05, 3.63) is 52.6 Å². The van der Waals surface area contributed by atoms with E-state index in [9.17, 15) is 18.0 Å². The molecular weight excluding hydrogens is 283 g/mol. The highest BCUT2D eigenvalue weighted by molar-refractivity contribution is 5.94. The highest BCUT2D eigenvalue weighted by atomic mass is 19.2. The summed E-state index contributed by atoms with van der Waals surface area (Å²) in [6.45, 7) is 4.31. The highest BCUT2D eigenvalue weighted by Gasteiger charge is 2.18. The molecule has 1 amide bonds. The lowest BCUT2D eigenvalue weighted by molar-refractivity contribution is 0.0946. The Hall–Kier alpha value is -2.31. The number of carbonyl (C=O) groups excluding carboxylic acids is 1. The molecule has 0 fully saturated rings. The lowest BCUT2D eigenvalue weighted by Gasteiger charge is -2.08. The van der Waals surface area contributed by atoms with Crippen LogP contribution in [0.25, 0.3) is 0 Å². The van der Waals surface area contributed by atoms with Crippen molar-refractivity contribution in [2.45, 2.75) is 20.4 Å². The molecule has 112 valence electrons. The van der Waals surface area contributed by atoms with E-state index in [2.05, 4.69) is 10.4 Å². The number of hydrogen-bond donors (Lipinski definition) is 1. The summed E-state index contributed by atoms with van der Waals surface area (Å²) < 4.78 is 41.0. The number of hydrogen-bond acceptors (Lipinski definition) is 2. The fraction of sp³-hybridized carbons (Fsp3) is 0.286. The smallest absolute Gasteiger partial charge is 0.254 e. The molecule has 0 saturated carbocycles. The first-order valence-corrected chi connectivity index (χ1v) is 6.33. The molecule has 0 aliphatic heterocycles. The van der Waals surface area contributed by atoms with Gasteiger partial charge in [-0.25, -0.2) is 13.2 Å². The first kappa shape index (κ1) is 15.1. The van der Waals surface area contributed by atoms with Crippen LogP contribution in [0.1, 0.15) is 21.7 Å². The summed E-state index contributed by atoms with van der Waals surface area (Å²) in [7, 11) is 0. The molecule has 0 aliphatic carbocycles. The maximum atomic E-state index is 13.4. The topological polar surface area (TPSA) is 46.9 Å². The third kappa shape index (κ3) is 3.24. The quantitative estimate of drug-likeness (QED) is 0.881. The second-order valence-electron chi connectivity index (χ2n) is 4.63. The molecule has 0 atom stereocenters. The van der Waals surface area contributed by atoms with Crippen LogP contribution in [0.2, 0.25) is 0 Å². The predicted octanol–water partition coefficient (Wildman–Crippen LogP) is 2.35. The Balaban J connectivity index is 1.99. The predicted molar refractivity (Wildman–Crippen MR) is 70.4 cm³/mol. The van der Waals surface area contributed by atoms with Crippen molar-refractivity contribution in [2.75, 3.05) is 6.54 Å². The normalized spacial score (nSPS) is 10.7. The van der Waals surface area contributed by atoms with Crippen molar-refractivity contribution < 1.29 is 18.0 Å². The fourth-order valence-corrected chi connectivity index (χ4v) is 1.97. The molecule has 21 heavy (non-hydrogen) atoms. The second-order valence-corrected chi connectivity index (χ2v) is 4.63. The van der Waals surface area contributed by atoms with Crippen LogP contribution in [0.5, 0.6) is 0 Å².